The lowest BCUT2D eigenvalue weighted by molar-refractivity contribution is -0.236. The Morgan fingerprint density at radius 1 is 0.938 bits per heavy atom. The van der Waals surface area contributed by atoms with E-state index in [1.807, 2.05) is 0 Å². The van der Waals surface area contributed by atoms with Crippen LogP contribution in [0.2, 0.25) is 0 Å². The molecule has 0 spiro atoms. The third kappa shape index (κ3) is 5.66. The van der Waals surface area contributed by atoms with E-state index in [2.05, 4.69) is 50.3 Å². The smallest absolute Gasteiger partial charge is 0.180 e. The molecule has 3 nitrogen and oxygen atoms in total. The Kier molecular flexibility index (Phi) is 8.48. The summed E-state index contributed by atoms with van der Waals surface area (Å²) in [5.41, 5.74) is 3.90. The second-order valence-corrected chi connectivity index (χ2v) is 10.5. The quantitative estimate of drug-likeness (QED) is 0.261. The van der Waals surface area contributed by atoms with Gasteiger partial charge in [0, 0.05) is 0 Å². The van der Waals surface area contributed by atoms with Crippen LogP contribution in [0.4, 0.5) is 0 Å². The molecular weight excluding hydrogens is 396 g/mol. The van der Waals surface area contributed by atoms with Crippen LogP contribution in [-0.2, 0) is 19.6 Å². The van der Waals surface area contributed by atoms with Crippen LogP contribution in [0.25, 0.3) is 0 Å². The van der Waals surface area contributed by atoms with Gasteiger partial charge in [0.2, 0.25) is 0 Å². The van der Waals surface area contributed by atoms with Crippen LogP contribution in [0, 0.1) is 5.41 Å². The number of unbranched alkanes of at least 4 members (excludes halogenated alkanes) is 3. The highest BCUT2D eigenvalue weighted by atomic mass is 16.7. The van der Waals surface area contributed by atoms with Crippen LogP contribution >= 0.6 is 0 Å². The summed E-state index contributed by atoms with van der Waals surface area (Å²) in [5.74, 6) is 0. The molecule has 2 bridgehead atoms. The molecule has 178 valence electrons. The van der Waals surface area contributed by atoms with Crippen molar-refractivity contribution in [1.29, 1.82) is 0 Å². The fourth-order valence-corrected chi connectivity index (χ4v) is 6.23. The zero-order valence-corrected chi connectivity index (χ0v) is 20.5. The van der Waals surface area contributed by atoms with E-state index in [1.165, 1.54) is 69.8 Å². The number of hydrogen-bond donors (Lipinski definition) is 0. The molecule has 0 unspecified atom stereocenters. The van der Waals surface area contributed by atoms with Gasteiger partial charge >= 0.3 is 0 Å². The Labute approximate surface area is 195 Å². The second-order valence-electron chi connectivity index (χ2n) is 10.5. The number of ether oxygens (including phenoxy) is 3. The first-order chi connectivity index (χ1) is 15.7. The standard InChI is InChI=1S/C29H44O3/c1-3-5-7-9-21-30-27-23-31-26(22-32-27)24-10-12-25(13-11-24)29-18-15-28(16-19-29,17-20-29)14-8-6-4-2/h3,5,10-13,26-27H,4,6-9,14-23H2,1-2H3/b5-3+/t26-,27+,28?,29?/m0/s1. The average Bonchev–Trinajstić information content (AvgIpc) is 2.86. The molecule has 3 heteroatoms. The van der Waals surface area contributed by atoms with Gasteiger partial charge in [-0.05, 0) is 86.7 Å². The van der Waals surface area contributed by atoms with E-state index in [4.69, 9.17) is 14.2 Å². The van der Waals surface area contributed by atoms with Crippen LogP contribution in [0.5, 0.6) is 0 Å². The fraction of sp³-hybridized carbons (Fsp3) is 0.724. The Morgan fingerprint density at radius 3 is 2.31 bits per heavy atom. The first-order valence-corrected chi connectivity index (χ1v) is 13.3. The normalized spacial score (nSPS) is 32.6. The largest absolute Gasteiger partial charge is 0.366 e. The van der Waals surface area contributed by atoms with Crippen molar-refractivity contribution in [1.82, 2.24) is 0 Å². The minimum absolute atomic E-state index is 0.0216. The van der Waals surface area contributed by atoms with Crippen LogP contribution < -0.4 is 0 Å². The molecular formula is C29H44O3. The molecule has 0 amide bonds. The molecule has 1 saturated heterocycles. The molecule has 4 fully saturated rings. The minimum atomic E-state index is -0.225. The molecule has 32 heavy (non-hydrogen) atoms. The molecule has 0 N–H and O–H groups in total. The Morgan fingerprint density at radius 2 is 1.69 bits per heavy atom. The van der Waals surface area contributed by atoms with Crippen LogP contribution in [0.15, 0.2) is 36.4 Å². The zero-order chi connectivity index (χ0) is 22.3. The lowest BCUT2D eigenvalue weighted by atomic mass is 9.51. The van der Waals surface area contributed by atoms with Gasteiger partial charge in [0.05, 0.1) is 19.8 Å². The van der Waals surface area contributed by atoms with E-state index in [1.54, 1.807) is 5.56 Å². The summed E-state index contributed by atoms with van der Waals surface area (Å²) in [6.45, 7) is 6.18. The number of rotatable bonds is 11. The Bertz CT molecular complexity index is 690. The molecule has 1 aliphatic heterocycles. The van der Waals surface area contributed by atoms with E-state index in [9.17, 15) is 0 Å². The molecule has 3 saturated carbocycles. The summed E-state index contributed by atoms with van der Waals surface area (Å²) in [7, 11) is 0. The fourth-order valence-electron chi connectivity index (χ4n) is 6.23. The van der Waals surface area contributed by atoms with Crippen molar-refractivity contribution in [3.63, 3.8) is 0 Å². The molecule has 1 aromatic carbocycles. The summed E-state index contributed by atoms with van der Waals surface area (Å²) in [5, 5.41) is 0. The van der Waals surface area contributed by atoms with E-state index < -0.39 is 0 Å². The third-order valence-electron chi connectivity index (χ3n) is 8.53. The summed E-state index contributed by atoms with van der Waals surface area (Å²) in [6.07, 6.45) is 20.2. The Hall–Kier alpha value is -1.16. The lowest BCUT2D eigenvalue weighted by Crippen LogP contribution is -2.44. The number of fused-ring (bicyclic) bond motifs is 3. The predicted octanol–water partition coefficient (Wildman–Crippen LogP) is 7.65. The highest BCUT2D eigenvalue weighted by Crippen LogP contribution is 2.59. The summed E-state index contributed by atoms with van der Waals surface area (Å²) >= 11 is 0. The molecule has 2 atom stereocenters. The van der Waals surface area contributed by atoms with Crippen molar-refractivity contribution in [2.45, 2.75) is 109 Å². The van der Waals surface area contributed by atoms with Gasteiger partial charge in [0.1, 0.15) is 6.10 Å². The average molecular weight is 441 g/mol. The summed E-state index contributed by atoms with van der Waals surface area (Å²) in [4.78, 5) is 0. The maximum absolute atomic E-state index is 6.10. The zero-order valence-electron chi connectivity index (χ0n) is 20.5. The molecule has 0 aromatic heterocycles. The van der Waals surface area contributed by atoms with Crippen molar-refractivity contribution in [3.05, 3.63) is 47.5 Å². The van der Waals surface area contributed by atoms with E-state index in [0.717, 1.165) is 19.4 Å². The minimum Gasteiger partial charge on any atom is -0.366 e. The summed E-state index contributed by atoms with van der Waals surface area (Å²) < 4.78 is 17.8. The van der Waals surface area contributed by atoms with Gasteiger partial charge in [0.15, 0.2) is 6.29 Å². The highest BCUT2D eigenvalue weighted by molar-refractivity contribution is 5.32. The third-order valence-corrected chi connectivity index (χ3v) is 8.53. The first-order valence-electron chi connectivity index (χ1n) is 13.3. The molecule has 3 aliphatic carbocycles. The van der Waals surface area contributed by atoms with Crippen LogP contribution in [0.3, 0.4) is 0 Å². The maximum Gasteiger partial charge on any atom is 0.180 e. The van der Waals surface area contributed by atoms with Crippen LogP contribution in [0.1, 0.15) is 108 Å². The van der Waals surface area contributed by atoms with Gasteiger partial charge in [-0.25, -0.2) is 0 Å². The van der Waals surface area contributed by atoms with Crippen molar-refractivity contribution >= 4 is 0 Å². The van der Waals surface area contributed by atoms with Gasteiger partial charge in [-0.2, -0.15) is 0 Å². The second kappa shape index (κ2) is 11.3. The molecule has 1 aromatic rings. The predicted molar refractivity (Wildman–Crippen MR) is 131 cm³/mol. The van der Waals surface area contributed by atoms with E-state index >= 15 is 0 Å². The van der Waals surface area contributed by atoms with E-state index in [-0.39, 0.29) is 12.4 Å². The van der Waals surface area contributed by atoms with Crippen molar-refractivity contribution in [2.24, 2.45) is 5.41 Å². The van der Waals surface area contributed by atoms with Gasteiger partial charge in [0.25, 0.3) is 0 Å². The van der Waals surface area contributed by atoms with Gasteiger partial charge in [-0.15, -0.1) is 0 Å². The number of benzene rings is 1. The van der Waals surface area contributed by atoms with Crippen molar-refractivity contribution < 1.29 is 14.2 Å². The van der Waals surface area contributed by atoms with Crippen molar-refractivity contribution in [3.8, 4) is 0 Å². The monoisotopic (exact) mass is 440 g/mol. The van der Waals surface area contributed by atoms with Gasteiger partial charge < -0.3 is 14.2 Å². The lowest BCUT2D eigenvalue weighted by Gasteiger charge is -2.54. The van der Waals surface area contributed by atoms with Crippen molar-refractivity contribution in [2.75, 3.05) is 19.8 Å². The molecule has 5 rings (SSSR count). The SMILES string of the molecule is C/C=C/CCCO[C@H]1CO[C@H](c2ccc(C34CCC(CCCCC)(CC3)CC4)cc2)CO1. The maximum atomic E-state index is 6.10. The van der Waals surface area contributed by atoms with Gasteiger partial charge in [-0.3, -0.25) is 0 Å². The number of hydrogen-bond acceptors (Lipinski definition) is 3. The van der Waals surface area contributed by atoms with E-state index in [0.29, 0.717) is 24.0 Å². The molecule has 1 heterocycles. The van der Waals surface area contributed by atoms with Crippen LogP contribution in [-0.4, -0.2) is 26.1 Å². The summed E-state index contributed by atoms with van der Waals surface area (Å²) in [6, 6.07) is 9.35. The molecule has 4 aliphatic rings. The van der Waals surface area contributed by atoms with Gasteiger partial charge in [-0.1, -0.05) is 62.6 Å². The first kappa shape index (κ1) is 24.0. The number of allylic oxidation sites excluding steroid dienone is 2. The highest BCUT2D eigenvalue weighted by Gasteiger charge is 2.48. The molecule has 0 radical (unpaired) electrons. The topological polar surface area (TPSA) is 27.7 Å². The Balaban J connectivity index is 1.25.